The van der Waals surface area contributed by atoms with Gasteiger partial charge in [-0.15, -0.1) is 10.2 Å². The number of benzene rings is 4. The van der Waals surface area contributed by atoms with Gasteiger partial charge in [-0.1, -0.05) is 115 Å². The topological polar surface area (TPSA) is 67.6 Å². The van der Waals surface area contributed by atoms with Crippen molar-refractivity contribution in [2.24, 2.45) is 0 Å². The Morgan fingerprint density at radius 1 is 0.684 bits per heavy atom. The predicted octanol–water partition coefficient (Wildman–Crippen LogP) is 8.39. The monoisotopic (exact) mass is 510 g/mol. The summed E-state index contributed by atoms with van der Waals surface area (Å²) in [6.07, 6.45) is 0. The molecular formula is C32H22N4OS. The lowest BCUT2D eigenvalue weighted by atomic mass is 10.0. The summed E-state index contributed by atoms with van der Waals surface area (Å²) in [5.41, 5.74) is 8.22. The van der Waals surface area contributed by atoms with Gasteiger partial charge in [-0.25, -0.2) is 4.98 Å². The first-order valence-electron chi connectivity index (χ1n) is 12.4. The molecule has 3 aromatic heterocycles. The second-order valence-corrected chi connectivity index (χ2v) is 9.93. The Kier molecular flexibility index (Phi) is 5.72. The van der Waals surface area contributed by atoms with Gasteiger partial charge in [-0.3, -0.25) is 0 Å². The van der Waals surface area contributed by atoms with E-state index >= 15 is 0 Å². The highest BCUT2D eigenvalue weighted by Gasteiger charge is 2.18. The maximum Gasteiger partial charge on any atom is 0.277 e. The van der Waals surface area contributed by atoms with E-state index in [1.54, 1.807) is 0 Å². The zero-order valence-corrected chi connectivity index (χ0v) is 21.2. The normalized spacial score (nSPS) is 11.4. The number of rotatable bonds is 6. The van der Waals surface area contributed by atoms with Crippen LogP contribution in [0.5, 0.6) is 0 Å². The van der Waals surface area contributed by atoms with Crippen LogP contribution in [0.2, 0.25) is 0 Å². The van der Waals surface area contributed by atoms with Gasteiger partial charge in [-0.05, 0) is 28.8 Å². The van der Waals surface area contributed by atoms with E-state index in [4.69, 9.17) is 9.40 Å². The maximum atomic E-state index is 6.13. The Morgan fingerprint density at radius 2 is 1.39 bits per heavy atom. The minimum absolute atomic E-state index is 0.410. The zero-order chi connectivity index (χ0) is 25.3. The molecule has 0 fully saturated rings. The summed E-state index contributed by atoms with van der Waals surface area (Å²) in [4.78, 5) is 8.54. The molecule has 0 aliphatic rings. The van der Waals surface area contributed by atoms with E-state index in [9.17, 15) is 0 Å². The van der Waals surface area contributed by atoms with Crippen LogP contribution >= 0.6 is 11.8 Å². The molecule has 1 N–H and O–H groups in total. The van der Waals surface area contributed by atoms with Crippen molar-refractivity contribution in [3.63, 3.8) is 0 Å². The SMILES string of the molecule is c1ccc(-c2ccccc2CSc2nnc(-c3cc4c([nH]c5ccccc54)c(-c4ccccc4)n3)o2)cc1. The van der Waals surface area contributed by atoms with Gasteiger partial charge in [0.2, 0.25) is 0 Å². The lowest BCUT2D eigenvalue weighted by Gasteiger charge is -2.08. The molecule has 0 spiro atoms. The maximum absolute atomic E-state index is 6.13. The molecule has 0 aliphatic heterocycles. The summed E-state index contributed by atoms with van der Waals surface area (Å²) in [5, 5.41) is 11.4. The molecule has 4 aromatic carbocycles. The quantitative estimate of drug-likeness (QED) is 0.228. The summed E-state index contributed by atoms with van der Waals surface area (Å²) >= 11 is 1.53. The fourth-order valence-corrected chi connectivity index (χ4v) is 5.58. The van der Waals surface area contributed by atoms with Crippen LogP contribution in [0.25, 0.3) is 55.8 Å². The Balaban J connectivity index is 1.24. The van der Waals surface area contributed by atoms with Crippen molar-refractivity contribution in [1.29, 1.82) is 0 Å². The molecule has 7 rings (SSSR count). The zero-order valence-electron chi connectivity index (χ0n) is 20.3. The van der Waals surface area contributed by atoms with Gasteiger partial charge in [0.05, 0.1) is 11.2 Å². The Bertz CT molecular complexity index is 1880. The third-order valence-electron chi connectivity index (χ3n) is 6.62. The third-order valence-corrected chi connectivity index (χ3v) is 7.49. The molecule has 38 heavy (non-hydrogen) atoms. The van der Waals surface area contributed by atoms with Crippen molar-refractivity contribution in [1.82, 2.24) is 20.2 Å². The van der Waals surface area contributed by atoms with Crippen LogP contribution in [0.4, 0.5) is 0 Å². The van der Waals surface area contributed by atoms with E-state index < -0.39 is 0 Å². The fraction of sp³-hybridized carbons (Fsp3) is 0.0312. The number of aromatic nitrogens is 4. The first-order chi connectivity index (χ1) is 18.8. The number of aromatic amines is 1. The van der Waals surface area contributed by atoms with Gasteiger partial charge in [0, 0.05) is 27.6 Å². The van der Waals surface area contributed by atoms with Crippen molar-refractivity contribution >= 4 is 33.6 Å². The average molecular weight is 511 g/mol. The molecule has 182 valence electrons. The van der Waals surface area contributed by atoms with Gasteiger partial charge in [0.15, 0.2) is 0 Å². The van der Waals surface area contributed by atoms with Crippen molar-refractivity contribution in [3.05, 3.63) is 121 Å². The molecule has 3 heterocycles. The largest absolute Gasteiger partial charge is 0.410 e. The number of nitrogens with zero attached hydrogens (tertiary/aromatic N) is 3. The first kappa shape index (κ1) is 22.5. The number of thioether (sulfide) groups is 1. The predicted molar refractivity (Wildman–Crippen MR) is 154 cm³/mol. The van der Waals surface area contributed by atoms with Crippen molar-refractivity contribution < 1.29 is 4.42 Å². The number of fused-ring (bicyclic) bond motifs is 3. The minimum Gasteiger partial charge on any atom is -0.410 e. The van der Waals surface area contributed by atoms with Crippen molar-refractivity contribution in [2.75, 3.05) is 0 Å². The van der Waals surface area contributed by atoms with Crippen LogP contribution in [0.1, 0.15) is 5.56 Å². The van der Waals surface area contributed by atoms with E-state index in [0.717, 1.165) is 38.8 Å². The molecule has 0 saturated carbocycles. The molecule has 6 heteroatoms. The van der Waals surface area contributed by atoms with Gasteiger partial charge in [0.1, 0.15) is 5.69 Å². The Labute approximate surface area is 223 Å². The second-order valence-electron chi connectivity index (χ2n) is 9.00. The first-order valence-corrected chi connectivity index (χ1v) is 13.4. The number of para-hydroxylation sites is 1. The van der Waals surface area contributed by atoms with Crippen LogP contribution in [0.15, 0.2) is 125 Å². The van der Waals surface area contributed by atoms with Crippen LogP contribution in [0, 0.1) is 0 Å². The molecule has 7 aromatic rings. The Morgan fingerprint density at radius 3 is 2.24 bits per heavy atom. The lowest BCUT2D eigenvalue weighted by Crippen LogP contribution is -1.90. The molecule has 0 saturated heterocycles. The molecule has 0 unspecified atom stereocenters. The van der Waals surface area contributed by atoms with Crippen LogP contribution in [-0.2, 0) is 5.75 Å². The van der Waals surface area contributed by atoms with Crippen LogP contribution < -0.4 is 0 Å². The molecule has 0 amide bonds. The minimum atomic E-state index is 0.410. The van der Waals surface area contributed by atoms with E-state index in [0.29, 0.717) is 16.8 Å². The number of hydrogen-bond acceptors (Lipinski definition) is 5. The molecule has 5 nitrogen and oxygen atoms in total. The van der Waals surface area contributed by atoms with E-state index in [1.807, 2.05) is 42.5 Å². The highest BCUT2D eigenvalue weighted by atomic mass is 32.2. The molecule has 0 bridgehead atoms. The van der Waals surface area contributed by atoms with Crippen LogP contribution in [-0.4, -0.2) is 20.2 Å². The third kappa shape index (κ3) is 4.15. The van der Waals surface area contributed by atoms with Gasteiger partial charge >= 0.3 is 0 Å². The summed E-state index contributed by atoms with van der Waals surface area (Å²) in [6, 6.07) is 39.3. The van der Waals surface area contributed by atoms with Crippen molar-refractivity contribution in [2.45, 2.75) is 11.0 Å². The summed E-state index contributed by atoms with van der Waals surface area (Å²) in [5.74, 6) is 1.13. The van der Waals surface area contributed by atoms with Gasteiger partial charge in [-0.2, -0.15) is 0 Å². The molecule has 0 aliphatic carbocycles. The average Bonchev–Trinajstić information content (AvgIpc) is 3.62. The molecular weight excluding hydrogens is 488 g/mol. The number of hydrogen-bond donors (Lipinski definition) is 1. The Hall–Kier alpha value is -4.68. The van der Waals surface area contributed by atoms with Gasteiger partial charge < -0.3 is 9.40 Å². The highest BCUT2D eigenvalue weighted by Crippen LogP contribution is 2.36. The second kappa shape index (κ2) is 9.65. The standard InChI is InChI=1S/C32H22N4OS/c1-3-11-21(12-4-1)24-16-8-7-15-23(24)20-38-32-36-35-31(37-32)28-19-26-25-17-9-10-18-27(25)33-30(26)29(34-28)22-13-5-2-6-14-22/h1-19,33H,20H2. The van der Waals surface area contributed by atoms with E-state index in [1.165, 1.54) is 28.5 Å². The number of pyridine rings is 1. The summed E-state index contributed by atoms with van der Waals surface area (Å²) in [7, 11) is 0. The van der Waals surface area contributed by atoms with E-state index in [-0.39, 0.29) is 0 Å². The summed E-state index contributed by atoms with van der Waals surface area (Å²) in [6.45, 7) is 0. The van der Waals surface area contributed by atoms with E-state index in [2.05, 4.69) is 88.0 Å². The molecule has 0 atom stereocenters. The lowest BCUT2D eigenvalue weighted by molar-refractivity contribution is 0.464. The summed E-state index contributed by atoms with van der Waals surface area (Å²) < 4.78 is 6.13. The molecule has 0 radical (unpaired) electrons. The smallest absolute Gasteiger partial charge is 0.277 e. The fourth-order valence-electron chi connectivity index (χ4n) is 4.82. The number of nitrogens with one attached hydrogen (secondary N) is 1. The van der Waals surface area contributed by atoms with Crippen molar-refractivity contribution in [3.8, 4) is 34.0 Å². The van der Waals surface area contributed by atoms with Gasteiger partial charge in [0.25, 0.3) is 11.1 Å². The van der Waals surface area contributed by atoms with Crippen LogP contribution in [0.3, 0.4) is 0 Å². The highest BCUT2D eigenvalue weighted by molar-refractivity contribution is 7.98. The number of H-pyrrole nitrogens is 1.